The van der Waals surface area contributed by atoms with Crippen LogP contribution in [0.4, 0.5) is 4.39 Å². The lowest BCUT2D eigenvalue weighted by atomic mass is 9.87. The highest BCUT2D eigenvalue weighted by Gasteiger charge is 2.44. The van der Waals surface area contributed by atoms with Gasteiger partial charge in [0.05, 0.1) is 5.54 Å². The van der Waals surface area contributed by atoms with Crippen molar-refractivity contribution in [3.63, 3.8) is 0 Å². The van der Waals surface area contributed by atoms with Crippen molar-refractivity contribution >= 4 is 5.91 Å². The lowest BCUT2D eigenvalue weighted by Crippen LogP contribution is -2.56. The Morgan fingerprint density at radius 3 is 2.83 bits per heavy atom. The number of halogens is 1. The van der Waals surface area contributed by atoms with Gasteiger partial charge in [-0.25, -0.2) is 4.39 Å². The van der Waals surface area contributed by atoms with Crippen LogP contribution in [0.25, 0.3) is 0 Å². The molecule has 1 amide bonds. The Labute approximate surface area is 70.7 Å². The standard InChI is InChI=1S/C8H13FN2O/c9-6-1-2-8(11-5-6)3-4-10-7(8)12/h6,11H,1-5H2,(H,10,12). The number of nitrogens with one attached hydrogen (secondary N) is 2. The summed E-state index contributed by atoms with van der Waals surface area (Å²) in [5.74, 6) is 0.0504. The first-order valence-corrected chi connectivity index (χ1v) is 4.40. The third-order valence-corrected chi connectivity index (χ3v) is 2.82. The first kappa shape index (κ1) is 7.98. The van der Waals surface area contributed by atoms with Gasteiger partial charge in [0.15, 0.2) is 0 Å². The van der Waals surface area contributed by atoms with Crippen LogP contribution in [0.2, 0.25) is 0 Å². The SMILES string of the molecule is O=C1NCCC12CCC(F)CN2. The van der Waals surface area contributed by atoms with Gasteiger partial charge in [-0.2, -0.15) is 0 Å². The van der Waals surface area contributed by atoms with E-state index in [1.54, 1.807) is 0 Å². The predicted octanol–water partition coefficient (Wildman–Crippen LogP) is -0.0334. The molecule has 2 aliphatic heterocycles. The topological polar surface area (TPSA) is 41.1 Å². The molecule has 2 fully saturated rings. The molecule has 3 nitrogen and oxygen atoms in total. The highest BCUT2D eigenvalue weighted by atomic mass is 19.1. The van der Waals surface area contributed by atoms with Gasteiger partial charge in [0, 0.05) is 13.1 Å². The van der Waals surface area contributed by atoms with Gasteiger partial charge in [0.2, 0.25) is 5.91 Å². The minimum Gasteiger partial charge on any atom is -0.354 e. The Kier molecular flexibility index (Phi) is 1.79. The molecule has 0 aromatic rings. The summed E-state index contributed by atoms with van der Waals surface area (Å²) in [6.45, 7) is 1.05. The Balaban J connectivity index is 2.07. The summed E-state index contributed by atoms with van der Waals surface area (Å²) in [4.78, 5) is 11.4. The average Bonchev–Trinajstić information content (AvgIpc) is 2.41. The van der Waals surface area contributed by atoms with Crippen LogP contribution in [0, 0.1) is 0 Å². The number of carbonyl (C=O) groups is 1. The van der Waals surface area contributed by atoms with Crippen molar-refractivity contribution in [3.8, 4) is 0 Å². The molecule has 2 atom stereocenters. The summed E-state index contributed by atoms with van der Waals surface area (Å²) in [7, 11) is 0. The van der Waals surface area contributed by atoms with Crippen molar-refractivity contribution in [2.75, 3.05) is 13.1 Å². The van der Waals surface area contributed by atoms with Crippen LogP contribution in [0.5, 0.6) is 0 Å². The van der Waals surface area contributed by atoms with E-state index in [0.717, 1.165) is 13.0 Å². The summed E-state index contributed by atoms with van der Waals surface area (Å²) in [6, 6.07) is 0. The number of rotatable bonds is 0. The van der Waals surface area contributed by atoms with Gasteiger partial charge in [-0.3, -0.25) is 4.79 Å². The molecule has 0 radical (unpaired) electrons. The van der Waals surface area contributed by atoms with Crippen LogP contribution in [-0.4, -0.2) is 30.7 Å². The molecule has 12 heavy (non-hydrogen) atoms. The fourth-order valence-electron chi connectivity index (χ4n) is 1.98. The van der Waals surface area contributed by atoms with E-state index in [9.17, 15) is 9.18 Å². The van der Waals surface area contributed by atoms with Crippen LogP contribution >= 0.6 is 0 Å². The lowest BCUT2D eigenvalue weighted by Gasteiger charge is -2.33. The molecule has 4 heteroatoms. The van der Waals surface area contributed by atoms with E-state index in [1.807, 2.05) is 0 Å². The fraction of sp³-hybridized carbons (Fsp3) is 0.875. The van der Waals surface area contributed by atoms with E-state index in [-0.39, 0.29) is 5.91 Å². The molecular formula is C8H13FN2O. The maximum atomic E-state index is 12.8. The van der Waals surface area contributed by atoms with Crippen LogP contribution in [0.3, 0.4) is 0 Å². The van der Waals surface area contributed by atoms with Crippen LogP contribution < -0.4 is 10.6 Å². The van der Waals surface area contributed by atoms with Gasteiger partial charge < -0.3 is 10.6 Å². The summed E-state index contributed by atoms with van der Waals surface area (Å²) in [6.07, 6.45) is 1.18. The second-order valence-corrected chi connectivity index (χ2v) is 3.60. The van der Waals surface area contributed by atoms with E-state index >= 15 is 0 Å². The third-order valence-electron chi connectivity index (χ3n) is 2.82. The zero-order valence-electron chi connectivity index (χ0n) is 6.90. The van der Waals surface area contributed by atoms with Crippen molar-refractivity contribution in [2.24, 2.45) is 0 Å². The van der Waals surface area contributed by atoms with Crippen molar-refractivity contribution in [3.05, 3.63) is 0 Å². The van der Waals surface area contributed by atoms with E-state index in [0.29, 0.717) is 19.4 Å². The highest BCUT2D eigenvalue weighted by molar-refractivity contribution is 5.88. The van der Waals surface area contributed by atoms with Gasteiger partial charge in [-0.15, -0.1) is 0 Å². The zero-order valence-corrected chi connectivity index (χ0v) is 6.90. The van der Waals surface area contributed by atoms with Crippen LogP contribution in [0.1, 0.15) is 19.3 Å². The Bertz CT molecular complexity index is 199. The summed E-state index contributed by atoms with van der Waals surface area (Å²) >= 11 is 0. The minimum absolute atomic E-state index is 0.0504. The second kappa shape index (κ2) is 2.69. The predicted molar refractivity (Wildman–Crippen MR) is 42.5 cm³/mol. The van der Waals surface area contributed by atoms with Crippen LogP contribution in [-0.2, 0) is 4.79 Å². The van der Waals surface area contributed by atoms with Gasteiger partial charge in [-0.05, 0) is 19.3 Å². The van der Waals surface area contributed by atoms with Gasteiger partial charge in [-0.1, -0.05) is 0 Å². The molecule has 0 bridgehead atoms. The molecule has 0 aromatic heterocycles. The van der Waals surface area contributed by atoms with E-state index in [4.69, 9.17) is 0 Å². The largest absolute Gasteiger partial charge is 0.354 e. The first-order chi connectivity index (χ1) is 5.73. The molecule has 2 aliphatic rings. The first-order valence-electron chi connectivity index (χ1n) is 4.40. The molecule has 0 saturated carbocycles. The molecule has 0 aliphatic carbocycles. The minimum atomic E-state index is -0.774. The molecular weight excluding hydrogens is 159 g/mol. The van der Waals surface area contributed by atoms with Gasteiger partial charge in [0.1, 0.15) is 6.17 Å². The molecule has 2 saturated heterocycles. The van der Waals surface area contributed by atoms with Gasteiger partial charge >= 0.3 is 0 Å². The molecule has 2 rings (SSSR count). The Morgan fingerprint density at radius 2 is 2.33 bits per heavy atom. The number of alkyl halides is 1. The monoisotopic (exact) mass is 172 g/mol. The zero-order chi connectivity index (χ0) is 8.60. The van der Waals surface area contributed by atoms with E-state index in [2.05, 4.69) is 10.6 Å². The number of hydrogen-bond donors (Lipinski definition) is 2. The average molecular weight is 172 g/mol. The molecule has 1 spiro atoms. The fourth-order valence-corrected chi connectivity index (χ4v) is 1.98. The summed E-state index contributed by atoms with van der Waals surface area (Å²) in [5.41, 5.74) is -0.428. The Hall–Kier alpha value is -0.640. The normalized spacial score (nSPS) is 41.8. The number of piperidine rings is 1. The van der Waals surface area contributed by atoms with Crippen molar-refractivity contribution in [1.29, 1.82) is 0 Å². The number of hydrogen-bond acceptors (Lipinski definition) is 2. The number of amides is 1. The third kappa shape index (κ3) is 1.10. The van der Waals surface area contributed by atoms with Gasteiger partial charge in [0.25, 0.3) is 0 Å². The second-order valence-electron chi connectivity index (χ2n) is 3.60. The highest BCUT2D eigenvalue weighted by Crippen LogP contribution is 2.27. The summed E-state index contributed by atoms with van der Waals surface area (Å²) in [5, 5.41) is 5.78. The van der Waals surface area contributed by atoms with Crippen molar-refractivity contribution in [1.82, 2.24) is 10.6 Å². The molecule has 2 unspecified atom stereocenters. The molecule has 0 aromatic carbocycles. The van der Waals surface area contributed by atoms with Crippen LogP contribution in [0.15, 0.2) is 0 Å². The van der Waals surface area contributed by atoms with Crippen molar-refractivity contribution < 1.29 is 9.18 Å². The quantitative estimate of drug-likeness (QED) is 0.538. The molecule has 2 N–H and O–H groups in total. The lowest BCUT2D eigenvalue weighted by molar-refractivity contribution is -0.125. The van der Waals surface area contributed by atoms with E-state index in [1.165, 1.54) is 0 Å². The maximum Gasteiger partial charge on any atom is 0.240 e. The molecule has 68 valence electrons. The maximum absolute atomic E-state index is 12.8. The van der Waals surface area contributed by atoms with E-state index < -0.39 is 11.7 Å². The summed E-state index contributed by atoms with van der Waals surface area (Å²) < 4.78 is 12.8. The number of carbonyl (C=O) groups excluding carboxylic acids is 1. The molecule has 2 heterocycles. The van der Waals surface area contributed by atoms with Crippen molar-refractivity contribution in [2.45, 2.75) is 31.0 Å². The Morgan fingerprint density at radius 1 is 1.50 bits per heavy atom. The smallest absolute Gasteiger partial charge is 0.240 e.